The Kier molecular flexibility index (Phi) is 3.50. The highest BCUT2D eigenvalue weighted by Gasteiger charge is 2.04. The van der Waals surface area contributed by atoms with Crippen LogP contribution in [0.1, 0.15) is 19.5 Å². The van der Waals surface area contributed by atoms with Crippen LogP contribution in [-0.2, 0) is 18.3 Å². The minimum Gasteiger partial charge on any atom is -0.447 e. The van der Waals surface area contributed by atoms with Crippen LogP contribution in [0.25, 0.3) is 0 Å². The van der Waals surface area contributed by atoms with Gasteiger partial charge in [0.2, 0.25) is 0 Å². The smallest absolute Gasteiger partial charge is 0.407 e. The summed E-state index contributed by atoms with van der Waals surface area (Å²) in [4.78, 5) is 11.1. The molecule has 0 unspecified atom stereocenters. The lowest BCUT2D eigenvalue weighted by molar-refractivity contribution is 0.115. The predicted octanol–water partition coefficient (Wildman–Crippen LogP) is 1.05. The van der Waals surface area contributed by atoms with Gasteiger partial charge in [-0.3, -0.25) is 4.68 Å². The molecule has 0 bridgehead atoms. The van der Waals surface area contributed by atoms with Crippen molar-refractivity contribution in [3.8, 4) is 0 Å². The highest BCUT2D eigenvalue weighted by Crippen LogP contribution is 1.94. The number of carbonyl (C=O) groups excluding carboxylic acids is 1. The van der Waals surface area contributed by atoms with Crippen LogP contribution in [-0.4, -0.2) is 22.0 Å². The van der Waals surface area contributed by atoms with Crippen LogP contribution in [0, 0.1) is 0 Å². The molecule has 1 heterocycles. The van der Waals surface area contributed by atoms with Gasteiger partial charge in [-0.15, -0.1) is 0 Å². The summed E-state index contributed by atoms with van der Waals surface area (Å²) in [6.07, 6.45) is 1.31. The molecular weight excluding hydrogens is 182 g/mol. The van der Waals surface area contributed by atoms with E-state index >= 15 is 0 Å². The third kappa shape index (κ3) is 3.47. The number of aromatic nitrogens is 2. The number of hydrogen-bond donors (Lipinski definition) is 1. The third-order valence-electron chi connectivity index (χ3n) is 1.53. The minimum absolute atomic E-state index is 0.0984. The number of nitrogens with one attached hydrogen (secondary N) is 1. The largest absolute Gasteiger partial charge is 0.447 e. The van der Waals surface area contributed by atoms with E-state index < -0.39 is 6.09 Å². The van der Waals surface area contributed by atoms with Gasteiger partial charge in [-0.05, 0) is 19.9 Å². The molecule has 78 valence electrons. The predicted molar refractivity (Wildman–Crippen MR) is 51.7 cm³/mol. The van der Waals surface area contributed by atoms with Crippen molar-refractivity contribution < 1.29 is 9.53 Å². The Bertz CT molecular complexity index is 307. The molecule has 1 aromatic rings. The lowest BCUT2D eigenvalue weighted by atomic mass is 10.4. The summed E-state index contributed by atoms with van der Waals surface area (Å²) in [7, 11) is 1.83. The van der Waals surface area contributed by atoms with Crippen LogP contribution in [0.2, 0.25) is 0 Å². The molecule has 0 fully saturated rings. The highest BCUT2D eigenvalue weighted by molar-refractivity contribution is 5.67. The molecule has 14 heavy (non-hydrogen) atoms. The first-order chi connectivity index (χ1) is 6.58. The molecular formula is C9H15N3O2. The lowest BCUT2D eigenvalue weighted by Gasteiger charge is -2.07. The fourth-order valence-electron chi connectivity index (χ4n) is 0.976. The second-order valence-electron chi connectivity index (χ2n) is 3.29. The Morgan fingerprint density at radius 3 is 2.93 bits per heavy atom. The van der Waals surface area contributed by atoms with Gasteiger partial charge in [-0.1, -0.05) is 0 Å². The Morgan fingerprint density at radius 1 is 1.71 bits per heavy atom. The minimum atomic E-state index is -0.411. The number of aryl methyl sites for hydroxylation is 1. The molecule has 1 rings (SSSR count). The Balaban J connectivity index is 2.30. The lowest BCUT2D eigenvalue weighted by Crippen LogP contribution is -2.26. The number of carbonyl (C=O) groups is 1. The summed E-state index contributed by atoms with van der Waals surface area (Å²) in [5.41, 5.74) is 0.813. The van der Waals surface area contributed by atoms with Crippen molar-refractivity contribution in [2.24, 2.45) is 7.05 Å². The number of alkyl carbamates (subject to hydrolysis) is 1. The molecule has 0 atom stereocenters. The molecule has 0 aliphatic heterocycles. The number of nitrogens with zero attached hydrogens (tertiary/aromatic N) is 2. The molecule has 0 aromatic carbocycles. The van der Waals surface area contributed by atoms with Crippen molar-refractivity contribution in [2.45, 2.75) is 26.5 Å². The van der Waals surface area contributed by atoms with E-state index in [2.05, 4.69) is 10.4 Å². The van der Waals surface area contributed by atoms with Crippen molar-refractivity contribution in [3.63, 3.8) is 0 Å². The van der Waals surface area contributed by atoms with Gasteiger partial charge in [0, 0.05) is 13.2 Å². The monoisotopic (exact) mass is 197 g/mol. The second kappa shape index (κ2) is 4.64. The summed E-state index contributed by atoms with van der Waals surface area (Å²) in [6.45, 7) is 4.01. The number of rotatable bonds is 3. The van der Waals surface area contributed by atoms with E-state index in [0.717, 1.165) is 5.69 Å². The molecule has 1 aromatic heterocycles. The average molecular weight is 197 g/mol. The van der Waals surface area contributed by atoms with Crippen LogP contribution in [0.15, 0.2) is 12.3 Å². The van der Waals surface area contributed by atoms with Crippen molar-refractivity contribution in [1.29, 1.82) is 0 Å². The van der Waals surface area contributed by atoms with Gasteiger partial charge in [0.05, 0.1) is 18.3 Å². The molecule has 0 spiro atoms. The number of amides is 1. The molecule has 1 N–H and O–H groups in total. The van der Waals surface area contributed by atoms with Gasteiger partial charge in [0.25, 0.3) is 0 Å². The van der Waals surface area contributed by atoms with Crippen molar-refractivity contribution in [2.75, 3.05) is 0 Å². The SMILES string of the molecule is CC(C)OC(=O)NCc1ccn(C)n1. The summed E-state index contributed by atoms with van der Waals surface area (Å²) < 4.78 is 6.58. The Hall–Kier alpha value is -1.52. The topological polar surface area (TPSA) is 56.1 Å². The first-order valence-electron chi connectivity index (χ1n) is 4.51. The Labute approximate surface area is 83.1 Å². The van der Waals surface area contributed by atoms with E-state index in [4.69, 9.17) is 4.74 Å². The fraction of sp³-hybridized carbons (Fsp3) is 0.556. The zero-order valence-electron chi connectivity index (χ0n) is 8.65. The zero-order chi connectivity index (χ0) is 10.6. The number of ether oxygens (including phenoxy) is 1. The molecule has 0 aliphatic carbocycles. The third-order valence-corrected chi connectivity index (χ3v) is 1.53. The molecule has 0 saturated carbocycles. The summed E-state index contributed by atoms with van der Waals surface area (Å²) >= 11 is 0. The molecule has 0 aliphatic rings. The molecule has 0 saturated heterocycles. The summed E-state index contributed by atoms with van der Waals surface area (Å²) in [5.74, 6) is 0. The van der Waals surface area contributed by atoms with Gasteiger partial charge in [0.15, 0.2) is 0 Å². The van der Waals surface area contributed by atoms with Crippen LogP contribution >= 0.6 is 0 Å². The standard InChI is InChI=1S/C9H15N3O2/c1-7(2)14-9(13)10-6-8-4-5-12(3)11-8/h4-5,7H,6H2,1-3H3,(H,10,13). The average Bonchev–Trinajstić information content (AvgIpc) is 2.47. The van der Waals surface area contributed by atoms with Crippen molar-refractivity contribution in [3.05, 3.63) is 18.0 Å². The van der Waals surface area contributed by atoms with Gasteiger partial charge in [-0.2, -0.15) is 5.10 Å². The van der Waals surface area contributed by atoms with E-state index in [1.807, 2.05) is 19.3 Å². The van der Waals surface area contributed by atoms with Crippen LogP contribution in [0.5, 0.6) is 0 Å². The molecule has 1 amide bonds. The molecule has 5 nitrogen and oxygen atoms in total. The zero-order valence-corrected chi connectivity index (χ0v) is 8.65. The van der Waals surface area contributed by atoms with Crippen LogP contribution in [0.3, 0.4) is 0 Å². The maximum atomic E-state index is 11.1. The molecule has 0 radical (unpaired) electrons. The second-order valence-corrected chi connectivity index (χ2v) is 3.29. The fourth-order valence-corrected chi connectivity index (χ4v) is 0.976. The van der Waals surface area contributed by atoms with Gasteiger partial charge in [0.1, 0.15) is 0 Å². The van der Waals surface area contributed by atoms with E-state index in [1.165, 1.54) is 0 Å². The van der Waals surface area contributed by atoms with E-state index in [9.17, 15) is 4.79 Å². The van der Waals surface area contributed by atoms with Gasteiger partial charge >= 0.3 is 6.09 Å². The van der Waals surface area contributed by atoms with Crippen molar-refractivity contribution >= 4 is 6.09 Å². The van der Waals surface area contributed by atoms with Gasteiger partial charge < -0.3 is 10.1 Å². The molecule has 5 heteroatoms. The van der Waals surface area contributed by atoms with E-state index in [1.54, 1.807) is 18.5 Å². The maximum Gasteiger partial charge on any atom is 0.407 e. The maximum absolute atomic E-state index is 11.1. The summed E-state index contributed by atoms with van der Waals surface area (Å²) in [6, 6.07) is 1.84. The Morgan fingerprint density at radius 2 is 2.43 bits per heavy atom. The quantitative estimate of drug-likeness (QED) is 0.788. The van der Waals surface area contributed by atoms with Crippen molar-refractivity contribution in [1.82, 2.24) is 15.1 Å². The highest BCUT2D eigenvalue weighted by atomic mass is 16.6. The van der Waals surface area contributed by atoms with E-state index in [-0.39, 0.29) is 6.10 Å². The first kappa shape index (κ1) is 10.6. The first-order valence-corrected chi connectivity index (χ1v) is 4.51. The number of hydrogen-bond acceptors (Lipinski definition) is 3. The summed E-state index contributed by atoms with van der Waals surface area (Å²) in [5, 5.41) is 6.71. The van der Waals surface area contributed by atoms with E-state index in [0.29, 0.717) is 6.54 Å². The van der Waals surface area contributed by atoms with Gasteiger partial charge in [-0.25, -0.2) is 4.79 Å². The van der Waals surface area contributed by atoms with Crippen LogP contribution < -0.4 is 5.32 Å². The van der Waals surface area contributed by atoms with Crippen LogP contribution in [0.4, 0.5) is 4.79 Å². The normalized spacial score (nSPS) is 10.3.